The van der Waals surface area contributed by atoms with E-state index in [-0.39, 0.29) is 11.8 Å². The number of carbonyl (C=O) groups excluding carboxylic acids is 2. The lowest BCUT2D eigenvalue weighted by Crippen LogP contribution is -2.42. The third kappa shape index (κ3) is 7.36. The van der Waals surface area contributed by atoms with Crippen LogP contribution in [-0.2, 0) is 20.8 Å². The van der Waals surface area contributed by atoms with Gasteiger partial charge in [-0.2, -0.15) is 5.06 Å². The fourth-order valence-corrected chi connectivity index (χ4v) is 4.20. The number of amides is 2. The molecule has 2 amide bonds. The summed E-state index contributed by atoms with van der Waals surface area (Å²) < 4.78 is 0. The SMILES string of the molecule is CN(CCc1ccccn1)C(=O)CC[C@H]1CCCN(C(=O)CCN2CCCCO2)C1. The molecule has 1 atom stereocenters. The molecule has 30 heavy (non-hydrogen) atoms. The maximum atomic E-state index is 12.6. The third-order valence-electron chi connectivity index (χ3n) is 6.14. The summed E-state index contributed by atoms with van der Waals surface area (Å²) >= 11 is 0. The summed E-state index contributed by atoms with van der Waals surface area (Å²) in [5.41, 5.74) is 1.01. The fourth-order valence-electron chi connectivity index (χ4n) is 4.20. The van der Waals surface area contributed by atoms with Crippen LogP contribution in [0, 0.1) is 5.92 Å². The van der Waals surface area contributed by atoms with Crippen LogP contribution < -0.4 is 0 Å². The smallest absolute Gasteiger partial charge is 0.223 e. The van der Waals surface area contributed by atoms with Gasteiger partial charge in [-0.25, -0.2) is 0 Å². The van der Waals surface area contributed by atoms with E-state index in [1.165, 1.54) is 0 Å². The normalized spacial score (nSPS) is 20.2. The Labute approximate surface area is 180 Å². The molecule has 0 saturated carbocycles. The van der Waals surface area contributed by atoms with Crippen LogP contribution in [0.1, 0.15) is 50.6 Å². The molecule has 0 N–H and O–H groups in total. The summed E-state index contributed by atoms with van der Waals surface area (Å²) in [6.07, 6.45) is 8.85. The minimum atomic E-state index is 0.177. The fraction of sp³-hybridized carbons (Fsp3) is 0.696. The lowest BCUT2D eigenvalue weighted by Gasteiger charge is -2.34. The highest BCUT2D eigenvalue weighted by Gasteiger charge is 2.25. The van der Waals surface area contributed by atoms with Crippen molar-refractivity contribution in [2.45, 2.75) is 51.4 Å². The van der Waals surface area contributed by atoms with E-state index in [0.717, 1.165) is 70.5 Å². The number of carbonyl (C=O) groups is 2. The van der Waals surface area contributed by atoms with E-state index >= 15 is 0 Å². The van der Waals surface area contributed by atoms with Crippen LogP contribution in [0.4, 0.5) is 0 Å². The van der Waals surface area contributed by atoms with Gasteiger partial charge >= 0.3 is 0 Å². The van der Waals surface area contributed by atoms with E-state index in [0.29, 0.717) is 31.8 Å². The number of hydroxylamine groups is 2. The van der Waals surface area contributed by atoms with Crippen molar-refractivity contribution in [3.05, 3.63) is 30.1 Å². The molecule has 0 unspecified atom stereocenters. The van der Waals surface area contributed by atoms with E-state index in [4.69, 9.17) is 4.84 Å². The third-order valence-corrected chi connectivity index (χ3v) is 6.14. The van der Waals surface area contributed by atoms with Crippen molar-refractivity contribution in [1.82, 2.24) is 19.8 Å². The average Bonchev–Trinajstić information content (AvgIpc) is 2.81. The first-order valence-corrected chi connectivity index (χ1v) is 11.4. The van der Waals surface area contributed by atoms with Gasteiger partial charge in [-0.3, -0.25) is 19.4 Å². The van der Waals surface area contributed by atoms with Crippen molar-refractivity contribution < 1.29 is 14.4 Å². The minimum Gasteiger partial charge on any atom is -0.345 e. The molecule has 2 saturated heterocycles. The van der Waals surface area contributed by atoms with Crippen LogP contribution in [0.15, 0.2) is 24.4 Å². The Hall–Kier alpha value is -1.99. The highest BCUT2D eigenvalue weighted by Crippen LogP contribution is 2.22. The first-order valence-electron chi connectivity index (χ1n) is 11.4. The van der Waals surface area contributed by atoms with Crippen molar-refractivity contribution >= 4 is 11.8 Å². The van der Waals surface area contributed by atoms with E-state index < -0.39 is 0 Å². The lowest BCUT2D eigenvalue weighted by molar-refractivity contribution is -0.182. The number of hydrogen-bond acceptors (Lipinski definition) is 5. The molecule has 0 aromatic carbocycles. The second-order valence-electron chi connectivity index (χ2n) is 8.49. The van der Waals surface area contributed by atoms with Crippen LogP contribution in [0.5, 0.6) is 0 Å². The summed E-state index contributed by atoms with van der Waals surface area (Å²) in [5, 5.41) is 1.93. The van der Waals surface area contributed by atoms with Gasteiger partial charge in [0.15, 0.2) is 0 Å². The molecule has 3 heterocycles. The predicted molar refractivity (Wildman–Crippen MR) is 115 cm³/mol. The Balaban J connectivity index is 1.34. The predicted octanol–water partition coefficient (Wildman–Crippen LogP) is 2.52. The van der Waals surface area contributed by atoms with E-state index in [9.17, 15) is 9.59 Å². The molecule has 1 aromatic heterocycles. The largest absolute Gasteiger partial charge is 0.345 e. The van der Waals surface area contributed by atoms with Crippen LogP contribution in [-0.4, -0.2) is 78.0 Å². The van der Waals surface area contributed by atoms with Gasteiger partial charge in [0.05, 0.1) is 6.61 Å². The molecule has 1 aromatic rings. The van der Waals surface area contributed by atoms with Gasteiger partial charge in [-0.15, -0.1) is 0 Å². The molecular formula is C23H36N4O3. The zero-order valence-corrected chi connectivity index (χ0v) is 18.3. The maximum absolute atomic E-state index is 12.6. The number of likely N-dealkylation sites (tertiary alicyclic amines) is 1. The molecule has 0 radical (unpaired) electrons. The van der Waals surface area contributed by atoms with E-state index in [1.807, 2.05) is 35.2 Å². The second kappa shape index (κ2) is 12.0. The maximum Gasteiger partial charge on any atom is 0.223 e. The number of piperidine rings is 1. The first-order chi connectivity index (χ1) is 14.6. The van der Waals surface area contributed by atoms with Crippen LogP contribution in [0.2, 0.25) is 0 Å². The highest BCUT2D eigenvalue weighted by atomic mass is 16.7. The Morgan fingerprint density at radius 1 is 1.20 bits per heavy atom. The lowest BCUT2D eigenvalue weighted by atomic mass is 9.93. The number of aromatic nitrogens is 1. The minimum absolute atomic E-state index is 0.177. The molecule has 7 nitrogen and oxygen atoms in total. The molecule has 2 aliphatic rings. The Bertz CT molecular complexity index is 664. The molecule has 166 valence electrons. The van der Waals surface area contributed by atoms with Gasteiger partial charge in [-0.1, -0.05) is 6.07 Å². The number of hydrogen-bond donors (Lipinski definition) is 0. The van der Waals surface area contributed by atoms with Crippen molar-refractivity contribution in [3.8, 4) is 0 Å². The summed E-state index contributed by atoms with van der Waals surface area (Å²) in [4.78, 5) is 38.8. The number of pyridine rings is 1. The first kappa shape index (κ1) is 22.7. The van der Waals surface area contributed by atoms with Gasteiger partial charge in [0.1, 0.15) is 0 Å². The highest BCUT2D eigenvalue weighted by molar-refractivity contribution is 5.77. The Morgan fingerprint density at radius 2 is 2.10 bits per heavy atom. The number of rotatable bonds is 9. The molecule has 2 aliphatic heterocycles. The second-order valence-corrected chi connectivity index (χ2v) is 8.49. The Kier molecular flexibility index (Phi) is 9.08. The zero-order chi connectivity index (χ0) is 21.2. The van der Waals surface area contributed by atoms with Crippen molar-refractivity contribution in [2.24, 2.45) is 5.92 Å². The van der Waals surface area contributed by atoms with Gasteiger partial charge < -0.3 is 9.80 Å². The molecule has 0 spiro atoms. The van der Waals surface area contributed by atoms with E-state index in [2.05, 4.69) is 4.98 Å². The van der Waals surface area contributed by atoms with Crippen LogP contribution >= 0.6 is 0 Å². The van der Waals surface area contributed by atoms with Crippen LogP contribution in [0.3, 0.4) is 0 Å². The molecule has 2 fully saturated rings. The topological polar surface area (TPSA) is 66.0 Å². The summed E-state index contributed by atoms with van der Waals surface area (Å²) in [5.74, 6) is 0.811. The monoisotopic (exact) mass is 416 g/mol. The summed E-state index contributed by atoms with van der Waals surface area (Å²) in [7, 11) is 1.87. The van der Waals surface area contributed by atoms with Gasteiger partial charge in [0, 0.05) is 70.9 Å². The standard InChI is InChI=1S/C23H36N4O3/c1-25(16-11-21-8-2-3-13-24-21)22(28)10-9-20-7-6-14-26(19-20)23(29)12-17-27-15-4-5-18-30-27/h2-3,8,13,20H,4-7,9-12,14-19H2,1H3/t20-/m1/s1. The Morgan fingerprint density at radius 3 is 2.87 bits per heavy atom. The van der Waals surface area contributed by atoms with Gasteiger partial charge in [0.2, 0.25) is 11.8 Å². The van der Waals surface area contributed by atoms with Crippen molar-refractivity contribution in [2.75, 3.05) is 46.4 Å². The van der Waals surface area contributed by atoms with Gasteiger partial charge in [0.25, 0.3) is 0 Å². The number of nitrogens with zero attached hydrogens (tertiary/aromatic N) is 4. The number of likely N-dealkylation sites (N-methyl/N-ethyl adjacent to an activating group) is 1. The van der Waals surface area contributed by atoms with Crippen molar-refractivity contribution in [1.29, 1.82) is 0 Å². The molecule has 0 aliphatic carbocycles. The summed E-state index contributed by atoms with van der Waals surface area (Å²) in [6, 6.07) is 5.86. The van der Waals surface area contributed by atoms with E-state index in [1.54, 1.807) is 11.1 Å². The molecule has 3 rings (SSSR count). The molecular weight excluding hydrogens is 380 g/mol. The average molecular weight is 417 g/mol. The van der Waals surface area contributed by atoms with Crippen molar-refractivity contribution in [3.63, 3.8) is 0 Å². The summed E-state index contributed by atoms with van der Waals surface area (Å²) in [6.45, 7) is 4.68. The molecule has 0 bridgehead atoms. The quantitative estimate of drug-likeness (QED) is 0.619. The van der Waals surface area contributed by atoms with Gasteiger partial charge in [-0.05, 0) is 50.2 Å². The van der Waals surface area contributed by atoms with Crippen LogP contribution in [0.25, 0.3) is 0 Å². The zero-order valence-electron chi connectivity index (χ0n) is 18.3. The molecule has 7 heteroatoms.